The predicted molar refractivity (Wildman–Crippen MR) is 130 cm³/mol. The van der Waals surface area contributed by atoms with Crippen molar-refractivity contribution in [2.24, 2.45) is 4.99 Å². The quantitative estimate of drug-likeness (QED) is 0.339. The minimum absolute atomic E-state index is 0.0757. The first-order valence-electron chi connectivity index (χ1n) is 11.2. The van der Waals surface area contributed by atoms with E-state index in [2.05, 4.69) is 14.9 Å². The van der Waals surface area contributed by atoms with E-state index in [0.717, 1.165) is 23.9 Å². The molecule has 3 aromatic rings. The van der Waals surface area contributed by atoms with Crippen LogP contribution < -0.4 is 11.2 Å². The number of carbonyl (C=O) groups is 1. The lowest BCUT2D eigenvalue weighted by Crippen LogP contribution is -2.32. The number of aromatic hydroxyl groups is 1. The molecule has 2 aromatic carbocycles. The van der Waals surface area contributed by atoms with Crippen molar-refractivity contribution in [2.45, 2.75) is 20.4 Å². The van der Waals surface area contributed by atoms with Crippen LogP contribution in [0.4, 0.5) is 10.1 Å². The average Bonchev–Trinajstić information content (AvgIpc) is 2.85. The molecule has 0 aliphatic heterocycles. The number of rotatable bonds is 10. The molecule has 184 valence electrons. The molecule has 35 heavy (non-hydrogen) atoms. The Bertz CT molecular complexity index is 1290. The molecule has 0 amide bonds. The molecule has 0 bridgehead atoms. The Morgan fingerprint density at radius 2 is 1.77 bits per heavy atom. The van der Waals surface area contributed by atoms with Crippen molar-refractivity contribution in [3.8, 4) is 5.88 Å². The molecule has 0 saturated carbocycles. The van der Waals surface area contributed by atoms with Gasteiger partial charge in [-0.1, -0.05) is 26.0 Å². The number of carbonyl (C=O) groups excluding carboxylic acids is 1. The van der Waals surface area contributed by atoms with Crippen molar-refractivity contribution in [3.63, 3.8) is 0 Å². The zero-order chi connectivity index (χ0) is 25.4. The van der Waals surface area contributed by atoms with E-state index in [0.29, 0.717) is 23.4 Å². The van der Waals surface area contributed by atoms with Gasteiger partial charge in [0.2, 0.25) is 5.88 Å². The summed E-state index contributed by atoms with van der Waals surface area (Å²) >= 11 is 0. The number of aromatic nitrogens is 2. The van der Waals surface area contributed by atoms with E-state index >= 15 is 0 Å². The van der Waals surface area contributed by atoms with Gasteiger partial charge in [0.1, 0.15) is 18.0 Å². The summed E-state index contributed by atoms with van der Waals surface area (Å²) in [6.07, 6.45) is 1.13. The second kappa shape index (κ2) is 11.9. The van der Waals surface area contributed by atoms with Crippen molar-refractivity contribution in [2.75, 3.05) is 26.2 Å². The fraction of sp³-hybridized carbons (Fsp3) is 0.280. The normalized spacial score (nSPS) is 11.3. The summed E-state index contributed by atoms with van der Waals surface area (Å²) in [6, 6.07) is 11.6. The molecule has 0 aliphatic carbocycles. The predicted octanol–water partition coefficient (Wildman–Crippen LogP) is 2.68. The van der Waals surface area contributed by atoms with Crippen LogP contribution >= 0.6 is 0 Å². The second-order valence-electron chi connectivity index (χ2n) is 7.68. The number of nitrogens with zero attached hydrogens (tertiary/aromatic N) is 3. The summed E-state index contributed by atoms with van der Waals surface area (Å²) in [5, 5.41) is 10.5. The Labute approximate surface area is 201 Å². The van der Waals surface area contributed by atoms with Gasteiger partial charge in [0.05, 0.1) is 17.8 Å². The molecular formula is C25H27FN4O5. The van der Waals surface area contributed by atoms with Crippen LogP contribution in [0, 0.1) is 5.82 Å². The highest BCUT2D eigenvalue weighted by Crippen LogP contribution is 2.16. The van der Waals surface area contributed by atoms with Crippen LogP contribution in [-0.2, 0) is 11.3 Å². The molecule has 2 N–H and O–H groups in total. The molecular weight excluding hydrogens is 455 g/mol. The number of hydrogen-bond acceptors (Lipinski definition) is 7. The summed E-state index contributed by atoms with van der Waals surface area (Å²) < 4.78 is 19.4. The summed E-state index contributed by atoms with van der Waals surface area (Å²) in [4.78, 5) is 45.1. The van der Waals surface area contributed by atoms with Gasteiger partial charge in [0.25, 0.3) is 5.56 Å². The Balaban J connectivity index is 1.72. The number of esters is 1. The van der Waals surface area contributed by atoms with Gasteiger partial charge in [0, 0.05) is 12.8 Å². The molecule has 0 saturated heterocycles. The van der Waals surface area contributed by atoms with Crippen molar-refractivity contribution in [1.82, 2.24) is 14.5 Å². The molecule has 10 heteroatoms. The van der Waals surface area contributed by atoms with E-state index in [1.165, 1.54) is 24.3 Å². The maximum absolute atomic E-state index is 13.1. The highest BCUT2D eigenvalue weighted by molar-refractivity contribution is 5.90. The number of aliphatic imine (C=N–C) groups is 1. The van der Waals surface area contributed by atoms with E-state index in [-0.39, 0.29) is 18.7 Å². The molecule has 0 radical (unpaired) electrons. The number of nitrogens with one attached hydrogen (secondary N) is 1. The highest BCUT2D eigenvalue weighted by atomic mass is 19.1. The third kappa shape index (κ3) is 6.73. The number of hydrogen-bond donors (Lipinski definition) is 2. The third-order valence-electron chi connectivity index (χ3n) is 5.44. The Hall–Kier alpha value is -4.05. The van der Waals surface area contributed by atoms with Gasteiger partial charge in [-0.15, -0.1) is 0 Å². The molecule has 1 aromatic heterocycles. The largest absolute Gasteiger partial charge is 0.494 e. The van der Waals surface area contributed by atoms with Crippen LogP contribution in [0.15, 0.2) is 63.1 Å². The van der Waals surface area contributed by atoms with E-state index < -0.39 is 28.9 Å². The standard InChI is InChI=1S/C25H27FN4O5/c1-3-29(4-2)13-14-35-24(33)18-7-11-20(12-8-18)27-15-21-22(31)28-25(34)30(23(21)32)16-17-5-9-19(26)10-6-17/h5-12,15,32H,3-4,13-14,16H2,1-2H3,(H,28,31,34). The lowest BCUT2D eigenvalue weighted by Gasteiger charge is -2.17. The molecule has 0 aliphatic rings. The van der Waals surface area contributed by atoms with Gasteiger partial charge in [-0.05, 0) is 55.1 Å². The van der Waals surface area contributed by atoms with Gasteiger partial charge in [0.15, 0.2) is 0 Å². The van der Waals surface area contributed by atoms with Crippen molar-refractivity contribution in [3.05, 3.63) is 91.9 Å². The molecule has 0 atom stereocenters. The molecule has 0 unspecified atom stereocenters. The number of halogens is 1. The van der Waals surface area contributed by atoms with Gasteiger partial charge in [-0.25, -0.2) is 14.0 Å². The molecule has 0 fully saturated rings. The summed E-state index contributed by atoms with van der Waals surface area (Å²) in [5.41, 5.74) is -0.500. The van der Waals surface area contributed by atoms with Crippen LogP contribution in [0.3, 0.4) is 0 Å². The lowest BCUT2D eigenvalue weighted by molar-refractivity contribution is 0.0466. The molecule has 0 spiro atoms. The van der Waals surface area contributed by atoms with E-state index in [4.69, 9.17) is 4.74 Å². The van der Waals surface area contributed by atoms with Gasteiger partial charge >= 0.3 is 11.7 Å². The fourth-order valence-electron chi connectivity index (χ4n) is 3.32. The molecule has 9 nitrogen and oxygen atoms in total. The minimum Gasteiger partial charge on any atom is -0.494 e. The topological polar surface area (TPSA) is 117 Å². The number of H-pyrrole nitrogens is 1. The monoisotopic (exact) mass is 482 g/mol. The number of likely N-dealkylation sites (N-methyl/N-ethyl adjacent to an activating group) is 1. The maximum Gasteiger partial charge on any atom is 0.338 e. The maximum atomic E-state index is 13.1. The second-order valence-corrected chi connectivity index (χ2v) is 7.68. The van der Waals surface area contributed by atoms with Crippen molar-refractivity contribution in [1.29, 1.82) is 0 Å². The van der Waals surface area contributed by atoms with Crippen LogP contribution in [0.2, 0.25) is 0 Å². The van der Waals surface area contributed by atoms with E-state index in [1.807, 2.05) is 13.8 Å². The summed E-state index contributed by atoms with van der Waals surface area (Å²) in [5.74, 6) is -1.45. The fourth-order valence-corrected chi connectivity index (χ4v) is 3.32. The first-order valence-corrected chi connectivity index (χ1v) is 11.2. The van der Waals surface area contributed by atoms with E-state index in [9.17, 15) is 23.9 Å². The first kappa shape index (κ1) is 25.6. The molecule has 1 heterocycles. The Kier molecular flexibility index (Phi) is 8.69. The number of ether oxygens (including phenoxy) is 1. The summed E-state index contributed by atoms with van der Waals surface area (Å²) in [6.45, 7) is 6.70. The van der Waals surface area contributed by atoms with Gasteiger partial charge in [-0.2, -0.15) is 0 Å². The Morgan fingerprint density at radius 3 is 2.40 bits per heavy atom. The van der Waals surface area contributed by atoms with Crippen molar-refractivity contribution < 1.29 is 19.0 Å². The third-order valence-corrected chi connectivity index (χ3v) is 5.44. The van der Waals surface area contributed by atoms with Crippen LogP contribution in [0.5, 0.6) is 5.88 Å². The van der Waals surface area contributed by atoms with Crippen molar-refractivity contribution >= 4 is 17.9 Å². The molecule has 3 rings (SSSR count). The van der Waals surface area contributed by atoms with E-state index in [1.54, 1.807) is 24.3 Å². The SMILES string of the molecule is CCN(CC)CCOC(=O)c1ccc(N=Cc2c(O)n(Cc3ccc(F)cc3)c(=O)[nH]c2=O)cc1. The van der Waals surface area contributed by atoms with Crippen LogP contribution in [0.1, 0.15) is 35.3 Å². The number of aromatic amines is 1. The zero-order valence-corrected chi connectivity index (χ0v) is 19.5. The first-order chi connectivity index (χ1) is 16.8. The van der Waals surface area contributed by atoms with Gasteiger partial charge < -0.3 is 14.7 Å². The highest BCUT2D eigenvalue weighted by Gasteiger charge is 2.13. The zero-order valence-electron chi connectivity index (χ0n) is 19.5. The lowest BCUT2D eigenvalue weighted by atomic mass is 10.2. The average molecular weight is 483 g/mol. The minimum atomic E-state index is -0.808. The smallest absolute Gasteiger partial charge is 0.338 e. The van der Waals surface area contributed by atoms with Crippen LogP contribution in [-0.4, -0.2) is 58.0 Å². The number of benzene rings is 2. The van der Waals surface area contributed by atoms with Gasteiger partial charge in [-0.3, -0.25) is 19.3 Å². The summed E-state index contributed by atoms with van der Waals surface area (Å²) in [7, 11) is 0. The Morgan fingerprint density at radius 1 is 1.11 bits per heavy atom. The van der Waals surface area contributed by atoms with Crippen LogP contribution in [0.25, 0.3) is 0 Å².